The third kappa shape index (κ3) is 4.02. The van der Waals surface area contributed by atoms with E-state index in [1.165, 1.54) is 22.0 Å². The number of anilines is 1. The first-order chi connectivity index (χ1) is 13.7. The van der Waals surface area contributed by atoms with Crippen LogP contribution in [0, 0.1) is 12.8 Å². The second-order valence-corrected chi connectivity index (χ2v) is 8.81. The monoisotopic (exact) mass is 429 g/mol. The van der Waals surface area contributed by atoms with Crippen molar-refractivity contribution in [3.05, 3.63) is 32.3 Å². The number of rotatable bonds is 3. The molecule has 11 heteroatoms. The van der Waals surface area contributed by atoms with E-state index in [2.05, 4.69) is 15.2 Å². The summed E-state index contributed by atoms with van der Waals surface area (Å²) in [6.07, 6.45) is -4.46. The van der Waals surface area contributed by atoms with E-state index in [0.29, 0.717) is 35.6 Å². The summed E-state index contributed by atoms with van der Waals surface area (Å²) in [7, 11) is 0. The van der Waals surface area contributed by atoms with E-state index in [4.69, 9.17) is 4.74 Å². The summed E-state index contributed by atoms with van der Waals surface area (Å²) in [5.41, 5.74) is -0.317. The Morgan fingerprint density at radius 1 is 1.31 bits per heavy atom. The zero-order valence-electron chi connectivity index (χ0n) is 16.1. The van der Waals surface area contributed by atoms with Crippen molar-refractivity contribution in [1.82, 2.24) is 19.7 Å². The highest BCUT2D eigenvalue weighted by atomic mass is 32.1. The zero-order chi connectivity index (χ0) is 20.8. The minimum atomic E-state index is -4.38. The number of ether oxygens (including phenoxy) is 1. The van der Waals surface area contributed by atoms with Gasteiger partial charge < -0.3 is 9.64 Å². The first-order valence-electron chi connectivity index (χ1n) is 9.56. The number of aromatic nitrogens is 4. The fourth-order valence-corrected chi connectivity index (χ4v) is 4.88. The molecule has 0 aromatic carbocycles. The molecule has 158 valence electrons. The quantitative estimate of drug-likeness (QED) is 0.747. The van der Waals surface area contributed by atoms with Crippen molar-refractivity contribution < 1.29 is 17.9 Å². The zero-order valence-corrected chi connectivity index (χ0v) is 17.0. The molecule has 0 amide bonds. The molecular formula is C18H22F3N5O2S. The van der Waals surface area contributed by atoms with Gasteiger partial charge >= 0.3 is 6.18 Å². The minimum Gasteiger partial charge on any atom is -0.377 e. The van der Waals surface area contributed by atoms with E-state index in [1.807, 2.05) is 11.8 Å². The lowest BCUT2D eigenvalue weighted by atomic mass is 9.83. The van der Waals surface area contributed by atoms with Crippen LogP contribution in [-0.2, 0) is 17.7 Å². The van der Waals surface area contributed by atoms with Crippen molar-refractivity contribution in [3.63, 3.8) is 0 Å². The molecule has 0 N–H and O–H groups in total. The van der Waals surface area contributed by atoms with E-state index >= 15 is 0 Å². The number of fused-ring (bicyclic) bond motifs is 1. The van der Waals surface area contributed by atoms with E-state index in [9.17, 15) is 18.0 Å². The molecule has 29 heavy (non-hydrogen) atoms. The van der Waals surface area contributed by atoms with E-state index in [0.717, 1.165) is 0 Å². The van der Waals surface area contributed by atoms with Crippen molar-refractivity contribution in [1.29, 1.82) is 0 Å². The van der Waals surface area contributed by atoms with Crippen molar-refractivity contribution in [2.45, 2.75) is 51.4 Å². The molecule has 7 nitrogen and oxygen atoms in total. The molecular weight excluding hydrogens is 407 g/mol. The molecule has 2 aliphatic rings. The highest BCUT2D eigenvalue weighted by Crippen LogP contribution is 2.44. The van der Waals surface area contributed by atoms with Gasteiger partial charge in [0, 0.05) is 31.5 Å². The van der Waals surface area contributed by atoms with E-state index in [-0.39, 0.29) is 36.8 Å². The summed E-state index contributed by atoms with van der Waals surface area (Å²) in [4.78, 5) is 19.3. The Bertz CT molecular complexity index is 944. The van der Waals surface area contributed by atoms with Gasteiger partial charge in [-0.3, -0.25) is 9.36 Å². The molecule has 2 aromatic rings. The van der Waals surface area contributed by atoms with Gasteiger partial charge in [-0.25, -0.2) is 4.98 Å². The summed E-state index contributed by atoms with van der Waals surface area (Å²) in [6, 6.07) is 1.41. The van der Waals surface area contributed by atoms with Crippen molar-refractivity contribution >= 4 is 17.2 Å². The Hall–Kier alpha value is -2.01. The number of aryl methyl sites for hydroxylation is 1. The molecule has 0 bridgehead atoms. The van der Waals surface area contributed by atoms with Crippen LogP contribution in [-0.4, -0.2) is 51.7 Å². The molecule has 2 aliphatic heterocycles. The van der Waals surface area contributed by atoms with Crippen molar-refractivity contribution in [2.24, 2.45) is 5.92 Å². The molecule has 1 fully saturated rings. The second-order valence-electron chi connectivity index (χ2n) is 7.54. The second kappa shape index (κ2) is 7.67. The van der Waals surface area contributed by atoms with Gasteiger partial charge in [0.2, 0.25) is 0 Å². The smallest absolute Gasteiger partial charge is 0.377 e. The summed E-state index contributed by atoms with van der Waals surface area (Å²) < 4.78 is 48.3. The predicted molar refractivity (Wildman–Crippen MR) is 101 cm³/mol. The molecule has 2 aromatic heterocycles. The number of morpholine rings is 1. The third-order valence-electron chi connectivity index (χ3n) is 5.55. The van der Waals surface area contributed by atoms with Crippen LogP contribution >= 0.6 is 11.3 Å². The van der Waals surface area contributed by atoms with Crippen LogP contribution in [0.4, 0.5) is 19.0 Å². The maximum absolute atomic E-state index is 13.8. The van der Waals surface area contributed by atoms with Crippen molar-refractivity contribution in [2.75, 3.05) is 24.7 Å². The molecule has 1 saturated heterocycles. The molecule has 1 unspecified atom stereocenters. The SMILES string of the molecule is Cc1nnc(CC2c3nc(N4CCOC[C@H]4C)cc(=O)n3CC[C@@H]2C(F)(F)F)s1. The Balaban J connectivity index is 1.78. The first-order valence-corrected chi connectivity index (χ1v) is 10.4. The number of halogens is 3. The lowest BCUT2D eigenvalue weighted by Crippen LogP contribution is -2.46. The lowest BCUT2D eigenvalue weighted by Gasteiger charge is -2.37. The molecule has 4 heterocycles. The summed E-state index contributed by atoms with van der Waals surface area (Å²) in [6.45, 7) is 5.23. The number of alkyl halides is 3. The Morgan fingerprint density at radius 3 is 2.76 bits per heavy atom. The highest BCUT2D eigenvalue weighted by molar-refractivity contribution is 7.11. The number of nitrogens with zero attached hydrogens (tertiary/aromatic N) is 5. The standard InChI is InChI=1S/C18H22F3N5O2S/c1-10-9-28-6-5-25(10)14-8-16(27)26-4-3-13(18(19,20)21)12(17(26)22-14)7-15-24-23-11(2)29-15/h8,10,12-13H,3-7,9H2,1-2H3/t10-,12?,13+/m1/s1. The summed E-state index contributed by atoms with van der Waals surface area (Å²) in [5.74, 6) is -1.94. The fraction of sp³-hybridized carbons (Fsp3) is 0.667. The topological polar surface area (TPSA) is 73.1 Å². The van der Waals surface area contributed by atoms with Crippen LogP contribution in [0.2, 0.25) is 0 Å². The normalized spacial score (nSPS) is 25.1. The molecule has 0 saturated carbocycles. The average molecular weight is 429 g/mol. The minimum absolute atomic E-state index is 0.00929. The maximum atomic E-state index is 13.8. The Kier molecular flexibility index (Phi) is 5.36. The number of hydrogen-bond donors (Lipinski definition) is 0. The first kappa shape index (κ1) is 20.3. The van der Waals surface area contributed by atoms with Crippen LogP contribution in [0.5, 0.6) is 0 Å². The molecule has 0 spiro atoms. The molecule has 0 aliphatic carbocycles. The predicted octanol–water partition coefficient (Wildman–Crippen LogP) is 2.54. The van der Waals surface area contributed by atoms with E-state index < -0.39 is 18.0 Å². The van der Waals surface area contributed by atoms with Crippen LogP contribution in [0.25, 0.3) is 0 Å². The Labute approximate surface area is 169 Å². The van der Waals surface area contributed by atoms with Gasteiger partial charge in [0.25, 0.3) is 5.56 Å². The van der Waals surface area contributed by atoms with Crippen LogP contribution < -0.4 is 10.5 Å². The lowest BCUT2D eigenvalue weighted by molar-refractivity contribution is -0.187. The largest absolute Gasteiger partial charge is 0.392 e. The van der Waals surface area contributed by atoms with Crippen LogP contribution in [0.1, 0.15) is 35.1 Å². The maximum Gasteiger partial charge on any atom is 0.392 e. The number of hydrogen-bond acceptors (Lipinski definition) is 7. The summed E-state index contributed by atoms with van der Waals surface area (Å²) in [5, 5.41) is 9.14. The van der Waals surface area contributed by atoms with Gasteiger partial charge in [-0.1, -0.05) is 0 Å². The third-order valence-corrected chi connectivity index (χ3v) is 6.41. The highest BCUT2D eigenvalue weighted by Gasteiger charge is 2.48. The molecule has 0 radical (unpaired) electrons. The van der Waals surface area contributed by atoms with Gasteiger partial charge in [-0.15, -0.1) is 21.5 Å². The van der Waals surface area contributed by atoms with Gasteiger partial charge in [0.15, 0.2) is 0 Å². The van der Waals surface area contributed by atoms with Gasteiger partial charge in [-0.05, 0) is 20.3 Å². The van der Waals surface area contributed by atoms with Crippen LogP contribution in [0.3, 0.4) is 0 Å². The summed E-state index contributed by atoms with van der Waals surface area (Å²) >= 11 is 1.27. The Morgan fingerprint density at radius 2 is 2.10 bits per heavy atom. The average Bonchev–Trinajstić information content (AvgIpc) is 3.06. The van der Waals surface area contributed by atoms with Gasteiger partial charge in [-0.2, -0.15) is 13.2 Å². The fourth-order valence-electron chi connectivity index (χ4n) is 4.12. The van der Waals surface area contributed by atoms with Crippen molar-refractivity contribution in [3.8, 4) is 0 Å². The molecule has 3 atom stereocenters. The van der Waals surface area contributed by atoms with E-state index in [1.54, 1.807) is 6.92 Å². The van der Waals surface area contributed by atoms with Gasteiger partial charge in [0.05, 0.1) is 25.2 Å². The molecule has 4 rings (SSSR count). The van der Waals surface area contributed by atoms with Crippen LogP contribution in [0.15, 0.2) is 10.9 Å². The van der Waals surface area contributed by atoms with Gasteiger partial charge in [0.1, 0.15) is 21.7 Å².